The first kappa shape index (κ1) is 18.7. The van der Waals surface area contributed by atoms with Gasteiger partial charge in [0.2, 0.25) is 0 Å². The predicted octanol–water partition coefficient (Wildman–Crippen LogP) is 4.11. The molecule has 0 unspecified atom stereocenters. The van der Waals surface area contributed by atoms with Gasteiger partial charge in [-0.2, -0.15) is 0 Å². The van der Waals surface area contributed by atoms with Gasteiger partial charge in [0.25, 0.3) is 0 Å². The normalized spacial score (nSPS) is 11.0. The Morgan fingerprint density at radius 1 is 0.895 bits per heavy atom. The summed E-state index contributed by atoms with van der Waals surface area (Å²) < 4.78 is 0. The zero-order valence-corrected chi connectivity index (χ0v) is 12.2. The van der Waals surface area contributed by atoms with E-state index in [2.05, 4.69) is 53.7 Å². The van der Waals surface area contributed by atoms with Crippen molar-refractivity contribution in [1.29, 1.82) is 0 Å². The number of hydrogen-bond donors (Lipinski definition) is 1. The van der Waals surface area contributed by atoms with Gasteiger partial charge in [-0.3, -0.25) is 0 Å². The molecule has 0 amide bonds. The minimum absolute atomic E-state index is 0. The summed E-state index contributed by atoms with van der Waals surface area (Å²) >= 11 is 0. The average Bonchev–Trinajstić information content (AvgIpc) is 2.26. The molecule has 0 heterocycles. The third kappa shape index (κ3) is 4.34. The summed E-state index contributed by atoms with van der Waals surface area (Å²) in [7, 11) is 0. The Labute approximate surface area is 138 Å². The van der Waals surface area contributed by atoms with Crippen LogP contribution in [0.1, 0.15) is 86.3 Å². The van der Waals surface area contributed by atoms with Crippen LogP contribution in [0, 0.1) is 0 Å². The monoisotopic (exact) mass is 272 g/mol. The van der Waals surface area contributed by atoms with E-state index in [0.717, 1.165) is 11.1 Å². The Bertz CT molecular complexity index is 419. The van der Waals surface area contributed by atoms with Crippen molar-refractivity contribution in [2.45, 2.75) is 59.3 Å². The topological polar surface area (TPSA) is 37.3 Å². The fourth-order valence-electron chi connectivity index (χ4n) is 2.20. The molecule has 0 fully saturated rings. The van der Waals surface area contributed by atoms with E-state index in [1.807, 2.05) is 0 Å². The molecule has 0 aliphatic rings. The van der Waals surface area contributed by atoms with Crippen molar-refractivity contribution in [3.05, 3.63) is 34.4 Å². The molecule has 0 radical (unpaired) electrons. The van der Waals surface area contributed by atoms with Crippen molar-refractivity contribution in [1.82, 2.24) is 0 Å². The zero-order valence-electron chi connectivity index (χ0n) is 12.2. The van der Waals surface area contributed by atoms with Crippen molar-refractivity contribution >= 4 is 35.5 Å². The van der Waals surface area contributed by atoms with Gasteiger partial charge in [0.1, 0.15) is 0 Å². The first-order valence-corrected chi connectivity index (χ1v) is 6.66. The second-order valence-electron chi connectivity index (χ2n) is 5.84. The fraction of sp³-hybridized carbons (Fsp3) is 0.562. The third-order valence-electron chi connectivity index (χ3n) is 3.35. The molecule has 1 aromatic rings. The molecule has 1 aromatic carbocycles. The summed E-state index contributed by atoms with van der Waals surface area (Å²) in [5.41, 5.74) is 3.65. The molecule has 0 atom stereocenters. The van der Waals surface area contributed by atoms with Gasteiger partial charge in [-0.15, -0.1) is 0 Å². The number of benzene rings is 1. The van der Waals surface area contributed by atoms with E-state index in [0.29, 0.717) is 11.5 Å². The Hall–Kier alpha value is -0.310. The Kier molecular flexibility index (Phi) is 7.34. The SMILES string of the molecule is CC(C)c1cc(C(C)C)c(C(=O)O)c(C(C)C)c1.[NaH]. The van der Waals surface area contributed by atoms with Crippen molar-refractivity contribution in [2.24, 2.45) is 0 Å². The molecule has 0 spiro atoms. The summed E-state index contributed by atoms with van der Waals surface area (Å²) in [6, 6.07) is 4.12. The van der Waals surface area contributed by atoms with Crippen molar-refractivity contribution in [3.63, 3.8) is 0 Å². The van der Waals surface area contributed by atoms with Gasteiger partial charge in [-0.1, -0.05) is 53.7 Å². The van der Waals surface area contributed by atoms with Crippen LogP contribution in [-0.4, -0.2) is 40.6 Å². The van der Waals surface area contributed by atoms with Crippen LogP contribution < -0.4 is 0 Å². The molecule has 0 aliphatic carbocycles. The number of rotatable bonds is 4. The molecule has 2 nitrogen and oxygen atoms in total. The van der Waals surface area contributed by atoms with E-state index in [4.69, 9.17) is 0 Å². The first-order chi connectivity index (χ1) is 8.25. The van der Waals surface area contributed by atoms with E-state index in [1.165, 1.54) is 5.56 Å². The van der Waals surface area contributed by atoms with Crippen LogP contribution in [0.15, 0.2) is 12.1 Å². The van der Waals surface area contributed by atoms with E-state index in [1.54, 1.807) is 0 Å². The number of hydrogen-bond acceptors (Lipinski definition) is 1. The Morgan fingerprint density at radius 2 is 1.26 bits per heavy atom. The molecule has 3 heteroatoms. The minimum atomic E-state index is -0.808. The summed E-state index contributed by atoms with van der Waals surface area (Å²) in [6.45, 7) is 12.5. The van der Waals surface area contributed by atoms with E-state index in [9.17, 15) is 9.90 Å². The molecule has 102 valence electrons. The van der Waals surface area contributed by atoms with E-state index in [-0.39, 0.29) is 41.4 Å². The Balaban J connectivity index is 0.00000324. The van der Waals surface area contributed by atoms with Crippen LogP contribution in [0.5, 0.6) is 0 Å². The van der Waals surface area contributed by atoms with E-state index >= 15 is 0 Å². The maximum atomic E-state index is 11.5. The molecule has 0 aliphatic heterocycles. The molecule has 1 N–H and O–H groups in total. The number of carbonyl (C=O) groups is 1. The average molecular weight is 272 g/mol. The quantitative estimate of drug-likeness (QED) is 0.838. The van der Waals surface area contributed by atoms with Gasteiger partial charge >= 0.3 is 35.5 Å². The summed E-state index contributed by atoms with van der Waals surface area (Å²) in [6.07, 6.45) is 0. The van der Waals surface area contributed by atoms with Crippen molar-refractivity contribution in [3.8, 4) is 0 Å². The van der Waals surface area contributed by atoms with E-state index < -0.39 is 5.97 Å². The zero-order chi connectivity index (χ0) is 14.0. The standard InChI is InChI=1S/C16H24O2.Na.H/c1-9(2)12-7-13(10(3)4)15(16(17)18)14(8-12)11(5)6;;/h7-11H,1-6H3,(H,17,18);;. The van der Waals surface area contributed by atoms with Crippen LogP contribution in [0.25, 0.3) is 0 Å². The molecule has 19 heavy (non-hydrogen) atoms. The maximum absolute atomic E-state index is 11.5. The summed E-state index contributed by atoms with van der Waals surface area (Å²) in [5.74, 6) is 0.0696. The second-order valence-corrected chi connectivity index (χ2v) is 5.84. The molecular formula is C16H25NaO2. The fourth-order valence-corrected chi connectivity index (χ4v) is 2.20. The molecule has 1 rings (SSSR count). The Morgan fingerprint density at radius 3 is 1.47 bits per heavy atom. The van der Waals surface area contributed by atoms with Crippen molar-refractivity contribution < 1.29 is 9.90 Å². The van der Waals surface area contributed by atoms with Crippen LogP contribution in [0.2, 0.25) is 0 Å². The van der Waals surface area contributed by atoms with Crippen molar-refractivity contribution in [2.75, 3.05) is 0 Å². The molecule has 0 bridgehead atoms. The number of carboxylic acids is 1. The van der Waals surface area contributed by atoms with Gasteiger partial charge in [0.15, 0.2) is 0 Å². The van der Waals surface area contributed by atoms with Gasteiger partial charge in [0, 0.05) is 0 Å². The molecule has 0 aromatic heterocycles. The third-order valence-corrected chi connectivity index (χ3v) is 3.35. The number of carboxylic acid groups (broad SMARTS) is 1. The number of aromatic carboxylic acids is 1. The first-order valence-electron chi connectivity index (χ1n) is 6.66. The summed E-state index contributed by atoms with van der Waals surface area (Å²) in [5, 5.41) is 9.47. The molecule has 0 saturated heterocycles. The van der Waals surface area contributed by atoms with Crippen LogP contribution in [0.4, 0.5) is 0 Å². The molecular weight excluding hydrogens is 247 g/mol. The van der Waals surface area contributed by atoms with Crippen LogP contribution in [0.3, 0.4) is 0 Å². The van der Waals surface area contributed by atoms with Crippen LogP contribution in [-0.2, 0) is 0 Å². The summed E-state index contributed by atoms with van der Waals surface area (Å²) in [4.78, 5) is 11.5. The van der Waals surface area contributed by atoms with Gasteiger partial charge < -0.3 is 5.11 Å². The van der Waals surface area contributed by atoms with Gasteiger partial charge in [-0.25, -0.2) is 4.79 Å². The second kappa shape index (κ2) is 7.47. The van der Waals surface area contributed by atoms with Crippen LogP contribution >= 0.6 is 0 Å². The predicted molar refractivity (Wildman–Crippen MR) is 82.8 cm³/mol. The van der Waals surface area contributed by atoms with Gasteiger partial charge in [-0.05, 0) is 34.4 Å². The molecule has 0 saturated carbocycles. The van der Waals surface area contributed by atoms with Gasteiger partial charge in [0.05, 0.1) is 5.56 Å².